The molecule has 2 aromatic carbocycles. The molecule has 0 spiro atoms. The van der Waals surface area contributed by atoms with E-state index in [1.165, 1.54) is 0 Å². The van der Waals surface area contributed by atoms with Gasteiger partial charge in [-0.05, 0) is 38.1 Å². The molecule has 0 aliphatic heterocycles. The van der Waals surface area contributed by atoms with Crippen LogP contribution >= 0.6 is 0 Å². The minimum Gasteiger partial charge on any atom is -0.487 e. The van der Waals surface area contributed by atoms with Gasteiger partial charge in [0.1, 0.15) is 5.75 Å². The van der Waals surface area contributed by atoms with Crippen molar-refractivity contribution in [1.82, 2.24) is 0 Å². The summed E-state index contributed by atoms with van der Waals surface area (Å²) in [6.45, 7) is 3.94. The van der Waals surface area contributed by atoms with E-state index in [0.717, 1.165) is 5.75 Å². The molecule has 0 aliphatic carbocycles. The Labute approximate surface area is 107 Å². The van der Waals surface area contributed by atoms with Crippen LogP contribution in [-0.4, -0.2) is 6.10 Å². The van der Waals surface area contributed by atoms with Gasteiger partial charge in [0, 0.05) is 11.8 Å². The van der Waals surface area contributed by atoms with Crippen molar-refractivity contribution in [3.05, 3.63) is 48.5 Å². The molecule has 0 atom stereocenters. The maximum Gasteiger partial charge on any atom is 0.169 e. The van der Waals surface area contributed by atoms with Crippen LogP contribution in [0.3, 0.4) is 0 Å². The monoisotopic (exact) mass is 243 g/mol. The van der Waals surface area contributed by atoms with Crippen LogP contribution in [0.4, 0.5) is 5.69 Å². The van der Waals surface area contributed by atoms with Gasteiger partial charge in [0.25, 0.3) is 0 Å². The summed E-state index contributed by atoms with van der Waals surface area (Å²) in [5.41, 5.74) is 6.42. The predicted octanol–water partition coefficient (Wildman–Crippen LogP) is 3.85. The second-order valence-corrected chi connectivity index (χ2v) is 4.29. The molecule has 0 amide bonds. The maximum atomic E-state index is 5.78. The van der Waals surface area contributed by atoms with Gasteiger partial charge in [0.15, 0.2) is 11.5 Å². The molecule has 18 heavy (non-hydrogen) atoms. The molecule has 0 radical (unpaired) electrons. The Morgan fingerprint density at radius 3 is 2.33 bits per heavy atom. The van der Waals surface area contributed by atoms with Gasteiger partial charge in [0.05, 0.1) is 6.10 Å². The third-order valence-electron chi connectivity index (χ3n) is 2.30. The van der Waals surface area contributed by atoms with Crippen LogP contribution in [0.1, 0.15) is 13.8 Å². The number of benzene rings is 2. The van der Waals surface area contributed by atoms with Gasteiger partial charge in [-0.3, -0.25) is 0 Å². The Kier molecular flexibility index (Phi) is 3.72. The second kappa shape index (κ2) is 5.45. The fraction of sp³-hybridized carbons (Fsp3) is 0.200. The summed E-state index contributed by atoms with van der Waals surface area (Å²) in [6.07, 6.45) is 0.0740. The van der Waals surface area contributed by atoms with Gasteiger partial charge in [0.2, 0.25) is 0 Å². The summed E-state index contributed by atoms with van der Waals surface area (Å²) >= 11 is 0. The first-order valence-electron chi connectivity index (χ1n) is 5.94. The van der Waals surface area contributed by atoms with E-state index in [9.17, 15) is 0 Å². The highest BCUT2D eigenvalue weighted by atomic mass is 16.5. The summed E-state index contributed by atoms with van der Waals surface area (Å²) in [7, 11) is 0. The van der Waals surface area contributed by atoms with E-state index in [2.05, 4.69) is 0 Å². The minimum atomic E-state index is 0.0740. The molecule has 0 unspecified atom stereocenters. The van der Waals surface area contributed by atoms with Crippen LogP contribution in [0, 0.1) is 0 Å². The van der Waals surface area contributed by atoms with Gasteiger partial charge in [-0.15, -0.1) is 0 Å². The van der Waals surface area contributed by atoms with Crippen molar-refractivity contribution < 1.29 is 9.47 Å². The van der Waals surface area contributed by atoms with Crippen LogP contribution in [0.5, 0.6) is 17.2 Å². The molecule has 0 fully saturated rings. The number of hydrogen-bond acceptors (Lipinski definition) is 3. The van der Waals surface area contributed by atoms with Crippen molar-refractivity contribution in [1.29, 1.82) is 0 Å². The topological polar surface area (TPSA) is 44.5 Å². The van der Waals surface area contributed by atoms with Crippen molar-refractivity contribution in [2.45, 2.75) is 20.0 Å². The first kappa shape index (κ1) is 12.3. The molecular weight excluding hydrogens is 226 g/mol. The van der Waals surface area contributed by atoms with Crippen molar-refractivity contribution in [3.8, 4) is 17.2 Å². The van der Waals surface area contributed by atoms with Crippen LogP contribution in [-0.2, 0) is 0 Å². The maximum absolute atomic E-state index is 5.78. The third-order valence-corrected chi connectivity index (χ3v) is 2.30. The third kappa shape index (κ3) is 3.17. The van der Waals surface area contributed by atoms with Crippen LogP contribution < -0.4 is 15.2 Å². The molecule has 94 valence electrons. The fourth-order valence-corrected chi connectivity index (χ4v) is 1.57. The highest BCUT2D eigenvalue weighted by Gasteiger charge is 2.08. The molecule has 0 bridgehead atoms. The quantitative estimate of drug-likeness (QED) is 0.829. The SMILES string of the molecule is CC(C)Oc1cc(N)ccc1Oc1ccccc1. The summed E-state index contributed by atoms with van der Waals surface area (Å²) in [5, 5.41) is 0. The minimum absolute atomic E-state index is 0.0740. The van der Waals surface area contributed by atoms with E-state index < -0.39 is 0 Å². The molecule has 3 nitrogen and oxygen atoms in total. The Morgan fingerprint density at radius 2 is 1.67 bits per heavy atom. The first-order valence-corrected chi connectivity index (χ1v) is 5.94. The highest BCUT2D eigenvalue weighted by Crippen LogP contribution is 2.33. The predicted molar refractivity (Wildman–Crippen MR) is 73.1 cm³/mol. The molecule has 0 saturated heterocycles. The van der Waals surface area contributed by atoms with Gasteiger partial charge in [-0.1, -0.05) is 18.2 Å². The summed E-state index contributed by atoms with van der Waals surface area (Å²) in [5.74, 6) is 2.11. The molecule has 2 N–H and O–H groups in total. The van der Waals surface area contributed by atoms with E-state index in [1.807, 2.05) is 50.2 Å². The van der Waals surface area contributed by atoms with E-state index in [4.69, 9.17) is 15.2 Å². The van der Waals surface area contributed by atoms with Crippen molar-refractivity contribution in [2.24, 2.45) is 0 Å². The van der Waals surface area contributed by atoms with Gasteiger partial charge in [-0.2, -0.15) is 0 Å². The molecule has 2 aromatic rings. The number of anilines is 1. The lowest BCUT2D eigenvalue weighted by atomic mass is 10.2. The zero-order valence-electron chi connectivity index (χ0n) is 10.6. The lowest BCUT2D eigenvalue weighted by Crippen LogP contribution is -2.06. The van der Waals surface area contributed by atoms with E-state index in [0.29, 0.717) is 17.2 Å². The largest absolute Gasteiger partial charge is 0.487 e. The number of ether oxygens (including phenoxy) is 2. The van der Waals surface area contributed by atoms with Crippen LogP contribution in [0.25, 0.3) is 0 Å². The zero-order chi connectivity index (χ0) is 13.0. The van der Waals surface area contributed by atoms with Crippen LogP contribution in [0.2, 0.25) is 0 Å². The summed E-state index contributed by atoms with van der Waals surface area (Å²) in [6, 6.07) is 15.0. The summed E-state index contributed by atoms with van der Waals surface area (Å²) in [4.78, 5) is 0. The lowest BCUT2D eigenvalue weighted by molar-refractivity contribution is 0.233. The molecule has 0 aliphatic rings. The zero-order valence-corrected chi connectivity index (χ0v) is 10.6. The Morgan fingerprint density at radius 1 is 0.944 bits per heavy atom. The number of nitrogens with two attached hydrogens (primary N) is 1. The molecule has 0 saturated carbocycles. The molecule has 0 heterocycles. The molecular formula is C15H17NO2. The van der Waals surface area contributed by atoms with Gasteiger partial charge >= 0.3 is 0 Å². The smallest absolute Gasteiger partial charge is 0.169 e. The Hall–Kier alpha value is -2.16. The number of para-hydroxylation sites is 1. The van der Waals surface area contributed by atoms with Crippen LogP contribution in [0.15, 0.2) is 48.5 Å². The van der Waals surface area contributed by atoms with Crippen molar-refractivity contribution in [2.75, 3.05) is 5.73 Å². The van der Waals surface area contributed by atoms with E-state index in [-0.39, 0.29) is 6.10 Å². The second-order valence-electron chi connectivity index (χ2n) is 4.29. The number of nitrogen functional groups attached to an aromatic ring is 1. The van der Waals surface area contributed by atoms with E-state index >= 15 is 0 Å². The normalized spacial score (nSPS) is 10.4. The van der Waals surface area contributed by atoms with Crippen molar-refractivity contribution >= 4 is 5.69 Å². The fourth-order valence-electron chi connectivity index (χ4n) is 1.57. The molecule has 0 aromatic heterocycles. The Balaban J connectivity index is 2.26. The van der Waals surface area contributed by atoms with Crippen molar-refractivity contribution in [3.63, 3.8) is 0 Å². The summed E-state index contributed by atoms with van der Waals surface area (Å²) < 4.78 is 11.5. The average molecular weight is 243 g/mol. The van der Waals surface area contributed by atoms with E-state index in [1.54, 1.807) is 12.1 Å². The van der Waals surface area contributed by atoms with Gasteiger partial charge in [-0.25, -0.2) is 0 Å². The Bertz CT molecular complexity index is 509. The lowest BCUT2D eigenvalue weighted by Gasteiger charge is -2.15. The number of rotatable bonds is 4. The molecule has 2 rings (SSSR count). The highest BCUT2D eigenvalue weighted by molar-refractivity contribution is 5.53. The average Bonchev–Trinajstić information content (AvgIpc) is 2.33. The van der Waals surface area contributed by atoms with Gasteiger partial charge < -0.3 is 15.2 Å². The first-order chi connectivity index (χ1) is 8.65. The number of hydrogen-bond donors (Lipinski definition) is 1. The standard InChI is InChI=1S/C15H17NO2/c1-11(2)17-15-10-12(16)8-9-14(15)18-13-6-4-3-5-7-13/h3-11H,16H2,1-2H3. The molecule has 3 heteroatoms.